The van der Waals surface area contributed by atoms with Gasteiger partial charge in [0.25, 0.3) is 11.8 Å². The molecule has 43 heavy (non-hydrogen) atoms. The molecule has 0 unspecified atom stereocenters. The number of hydrogen-bond acceptors (Lipinski definition) is 6. The van der Waals surface area contributed by atoms with Gasteiger partial charge in [-0.15, -0.1) is 11.3 Å². The Labute approximate surface area is 256 Å². The van der Waals surface area contributed by atoms with E-state index in [1.165, 1.54) is 55.9 Å². The summed E-state index contributed by atoms with van der Waals surface area (Å²) in [6, 6.07) is 24.2. The van der Waals surface area contributed by atoms with E-state index in [4.69, 9.17) is 0 Å². The number of benzene rings is 3. The third kappa shape index (κ3) is 6.01. The molecule has 0 fully saturated rings. The quantitative estimate of drug-likeness (QED) is 0.316. The summed E-state index contributed by atoms with van der Waals surface area (Å²) in [5.74, 6) is -0.530. The van der Waals surface area contributed by atoms with Crippen LogP contribution in [0.25, 0.3) is 0 Å². The molecule has 1 N–H and O–H groups in total. The van der Waals surface area contributed by atoms with E-state index in [1.807, 2.05) is 42.5 Å². The van der Waals surface area contributed by atoms with E-state index >= 15 is 0 Å². The monoisotopic (exact) mass is 614 g/mol. The number of sulfonamides is 1. The maximum Gasteiger partial charge on any atom is 0.256 e. The van der Waals surface area contributed by atoms with Gasteiger partial charge in [0.05, 0.1) is 10.5 Å². The molecule has 0 aliphatic carbocycles. The van der Waals surface area contributed by atoms with Gasteiger partial charge in [0.15, 0.2) is 0 Å². The van der Waals surface area contributed by atoms with Gasteiger partial charge in [-0.05, 0) is 59.4 Å². The van der Waals surface area contributed by atoms with Gasteiger partial charge >= 0.3 is 0 Å². The lowest BCUT2D eigenvalue weighted by Crippen LogP contribution is -2.35. The summed E-state index contributed by atoms with van der Waals surface area (Å²) < 4.78 is 28.3. The van der Waals surface area contributed by atoms with Crippen LogP contribution in [0.2, 0.25) is 0 Å². The van der Waals surface area contributed by atoms with Crippen LogP contribution in [0.1, 0.15) is 47.8 Å². The predicted molar refractivity (Wildman–Crippen MR) is 169 cm³/mol. The van der Waals surface area contributed by atoms with Crippen molar-refractivity contribution in [2.45, 2.75) is 37.4 Å². The Morgan fingerprint density at radius 3 is 2.28 bits per heavy atom. The zero-order valence-corrected chi connectivity index (χ0v) is 25.9. The lowest BCUT2D eigenvalue weighted by Gasteiger charge is -2.28. The number of nitrogens with zero attached hydrogens (tertiary/aromatic N) is 3. The van der Waals surface area contributed by atoms with Gasteiger partial charge in [0, 0.05) is 57.3 Å². The van der Waals surface area contributed by atoms with E-state index in [2.05, 4.69) is 22.3 Å². The van der Waals surface area contributed by atoms with E-state index in [1.54, 1.807) is 14.1 Å². The van der Waals surface area contributed by atoms with Crippen LogP contribution in [0.15, 0.2) is 83.8 Å². The first kappa shape index (κ1) is 29.3. The van der Waals surface area contributed by atoms with E-state index in [-0.39, 0.29) is 16.7 Å². The fourth-order valence-corrected chi connectivity index (χ4v) is 8.44. The summed E-state index contributed by atoms with van der Waals surface area (Å²) in [5.41, 5.74) is 5.28. The molecule has 0 saturated heterocycles. The summed E-state index contributed by atoms with van der Waals surface area (Å²) >= 11 is 1.44. The zero-order valence-electron chi connectivity index (χ0n) is 24.2. The highest BCUT2D eigenvalue weighted by Gasteiger charge is 2.31. The average Bonchev–Trinajstić information content (AvgIpc) is 3.37. The highest BCUT2D eigenvalue weighted by Crippen LogP contribution is 2.38. The first-order valence-electron chi connectivity index (χ1n) is 14.3. The Kier molecular flexibility index (Phi) is 8.19. The molecule has 222 valence electrons. The maximum atomic E-state index is 13.4. The number of thiophene rings is 1. The van der Waals surface area contributed by atoms with E-state index in [0.29, 0.717) is 42.2 Å². The van der Waals surface area contributed by atoms with E-state index < -0.39 is 10.0 Å². The van der Waals surface area contributed by atoms with Crippen LogP contribution in [-0.2, 0) is 42.5 Å². The number of hydrogen-bond donors (Lipinski definition) is 1. The molecule has 0 radical (unpaired) electrons. The SMILES string of the molecule is CN(C)C(=O)c1c(NC(=O)c2ccc(S(=O)(=O)N3CCc4ccccc4C3)cc2)sc2c1CCN(Cc1ccccc1)C2. The Hall–Kier alpha value is -3.83. The Bertz CT molecular complexity index is 1770. The smallest absolute Gasteiger partial charge is 0.256 e. The van der Waals surface area contributed by atoms with Crippen molar-refractivity contribution < 1.29 is 18.0 Å². The minimum atomic E-state index is -3.71. The highest BCUT2D eigenvalue weighted by molar-refractivity contribution is 7.89. The number of rotatable bonds is 7. The second-order valence-corrected chi connectivity index (χ2v) is 14.2. The Morgan fingerprint density at radius 1 is 0.860 bits per heavy atom. The first-order chi connectivity index (χ1) is 20.7. The predicted octanol–water partition coefficient (Wildman–Crippen LogP) is 5.01. The molecule has 2 amide bonds. The minimum Gasteiger partial charge on any atom is -0.345 e. The molecule has 4 aromatic rings. The largest absolute Gasteiger partial charge is 0.345 e. The second kappa shape index (κ2) is 12.0. The van der Waals surface area contributed by atoms with Gasteiger partial charge in [0.2, 0.25) is 10.0 Å². The fourth-order valence-electron chi connectivity index (χ4n) is 5.75. The molecule has 10 heteroatoms. The number of carbonyl (C=O) groups is 2. The van der Waals surface area contributed by atoms with Crippen molar-refractivity contribution in [3.05, 3.63) is 117 Å². The van der Waals surface area contributed by atoms with Crippen molar-refractivity contribution in [3.63, 3.8) is 0 Å². The molecule has 0 spiro atoms. The van der Waals surface area contributed by atoms with Gasteiger partial charge in [-0.2, -0.15) is 4.31 Å². The highest BCUT2D eigenvalue weighted by atomic mass is 32.2. The first-order valence-corrected chi connectivity index (χ1v) is 16.6. The molecule has 3 heterocycles. The molecule has 1 aromatic heterocycles. The minimum absolute atomic E-state index is 0.145. The van der Waals surface area contributed by atoms with E-state index in [9.17, 15) is 18.0 Å². The Morgan fingerprint density at radius 2 is 1.56 bits per heavy atom. The second-order valence-electron chi connectivity index (χ2n) is 11.2. The van der Waals surface area contributed by atoms with Gasteiger partial charge in [-0.1, -0.05) is 54.6 Å². The molecule has 0 saturated carbocycles. The lowest BCUT2D eigenvalue weighted by molar-refractivity contribution is 0.0827. The van der Waals surface area contributed by atoms with Crippen molar-refractivity contribution in [3.8, 4) is 0 Å². The van der Waals surface area contributed by atoms with Gasteiger partial charge in [-0.25, -0.2) is 8.42 Å². The zero-order chi connectivity index (χ0) is 30.1. The molecule has 0 atom stereocenters. The van der Waals surface area contributed by atoms with Crippen LogP contribution in [0.5, 0.6) is 0 Å². The van der Waals surface area contributed by atoms with Crippen LogP contribution in [0.3, 0.4) is 0 Å². The summed E-state index contributed by atoms with van der Waals surface area (Å²) in [6.07, 6.45) is 1.38. The molecule has 2 aliphatic heterocycles. The number of nitrogens with one attached hydrogen (secondary N) is 1. The number of anilines is 1. The van der Waals surface area contributed by atoms with Crippen LogP contribution in [0.4, 0.5) is 5.00 Å². The van der Waals surface area contributed by atoms with Crippen molar-refractivity contribution in [1.82, 2.24) is 14.1 Å². The van der Waals surface area contributed by atoms with Crippen LogP contribution in [-0.4, -0.2) is 61.5 Å². The summed E-state index contributed by atoms with van der Waals surface area (Å²) in [7, 11) is -0.293. The van der Waals surface area contributed by atoms with Crippen LogP contribution >= 0.6 is 11.3 Å². The van der Waals surface area contributed by atoms with Gasteiger partial charge in [-0.3, -0.25) is 14.5 Å². The van der Waals surface area contributed by atoms with Crippen molar-refractivity contribution in [1.29, 1.82) is 0 Å². The van der Waals surface area contributed by atoms with Gasteiger partial charge in [0.1, 0.15) is 5.00 Å². The molecule has 6 rings (SSSR count). The van der Waals surface area contributed by atoms with E-state index in [0.717, 1.165) is 35.5 Å². The molecule has 2 aliphatic rings. The Balaban J connectivity index is 1.20. The van der Waals surface area contributed by atoms with Gasteiger partial charge < -0.3 is 10.2 Å². The number of amides is 2. The third-order valence-electron chi connectivity index (χ3n) is 8.08. The van der Waals surface area contributed by atoms with Crippen molar-refractivity contribution >= 4 is 38.2 Å². The average molecular weight is 615 g/mol. The maximum absolute atomic E-state index is 13.4. The molecule has 8 nitrogen and oxygen atoms in total. The number of fused-ring (bicyclic) bond motifs is 2. The fraction of sp³-hybridized carbons (Fsp3) is 0.273. The molecular weight excluding hydrogens is 581 g/mol. The van der Waals surface area contributed by atoms with Crippen LogP contribution < -0.4 is 5.32 Å². The molecule has 0 bridgehead atoms. The molecule has 3 aromatic carbocycles. The summed E-state index contributed by atoms with van der Waals surface area (Å²) in [5, 5.41) is 3.50. The lowest BCUT2D eigenvalue weighted by atomic mass is 10.0. The van der Waals surface area contributed by atoms with Crippen LogP contribution in [0, 0.1) is 0 Å². The topological polar surface area (TPSA) is 90.0 Å². The van der Waals surface area contributed by atoms with Crippen molar-refractivity contribution in [2.75, 3.05) is 32.5 Å². The number of carbonyl (C=O) groups excluding carboxylic acids is 2. The third-order valence-corrected chi connectivity index (χ3v) is 11.1. The summed E-state index contributed by atoms with van der Waals surface area (Å²) in [6.45, 7) is 3.08. The molecular formula is C33H34N4O4S2. The standard InChI is InChI=1S/C33H34N4O4S2/c1-35(2)33(39)30-28-17-18-36(20-23-8-4-3-5-9-23)22-29(28)42-32(30)34-31(38)25-12-14-27(15-13-25)43(40,41)37-19-16-24-10-6-7-11-26(24)21-37/h3-15H,16-22H2,1-2H3,(H,34,38). The van der Waals surface area contributed by atoms with Crippen molar-refractivity contribution in [2.24, 2.45) is 0 Å². The summed E-state index contributed by atoms with van der Waals surface area (Å²) in [4.78, 5) is 31.8. The normalized spacial score (nSPS) is 15.4.